The maximum atomic E-state index is 13.1. The van der Waals surface area contributed by atoms with Gasteiger partial charge in [-0.25, -0.2) is 4.39 Å². The SMILES string of the molecule is CCCc1ccc(-c2ccc(C(C)CC(C)F)cc2)cc1. The van der Waals surface area contributed by atoms with Crippen LogP contribution in [0, 0.1) is 0 Å². The van der Waals surface area contributed by atoms with Crippen molar-refractivity contribution in [2.24, 2.45) is 0 Å². The molecule has 2 aromatic rings. The minimum absolute atomic E-state index is 0.269. The lowest BCUT2D eigenvalue weighted by Crippen LogP contribution is -2.01. The topological polar surface area (TPSA) is 0 Å². The maximum absolute atomic E-state index is 13.1. The fourth-order valence-electron chi connectivity index (χ4n) is 2.78. The second-order valence-corrected chi connectivity index (χ2v) is 5.99. The van der Waals surface area contributed by atoms with Crippen LogP contribution >= 0.6 is 0 Å². The number of aryl methyl sites for hydroxylation is 1. The highest BCUT2D eigenvalue weighted by atomic mass is 19.1. The van der Waals surface area contributed by atoms with Gasteiger partial charge in [-0.05, 0) is 47.9 Å². The van der Waals surface area contributed by atoms with E-state index in [1.54, 1.807) is 6.92 Å². The largest absolute Gasteiger partial charge is 0.248 e. The molecule has 0 aliphatic carbocycles. The number of rotatable bonds is 6. The Morgan fingerprint density at radius 3 is 1.86 bits per heavy atom. The van der Waals surface area contributed by atoms with Crippen LogP contribution in [0.2, 0.25) is 0 Å². The van der Waals surface area contributed by atoms with Crippen LogP contribution in [-0.2, 0) is 6.42 Å². The molecule has 0 spiro atoms. The van der Waals surface area contributed by atoms with E-state index in [0.29, 0.717) is 6.42 Å². The van der Waals surface area contributed by atoms with Gasteiger partial charge < -0.3 is 0 Å². The van der Waals surface area contributed by atoms with Gasteiger partial charge in [0.2, 0.25) is 0 Å². The normalized spacial score (nSPS) is 13.9. The molecule has 0 aromatic heterocycles. The van der Waals surface area contributed by atoms with Crippen molar-refractivity contribution >= 4 is 0 Å². The van der Waals surface area contributed by atoms with Crippen LogP contribution in [0.25, 0.3) is 11.1 Å². The van der Waals surface area contributed by atoms with E-state index in [1.165, 1.54) is 28.7 Å². The van der Waals surface area contributed by atoms with Gasteiger partial charge in [0.05, 0.1) is 6.17 Å². The summed E-state index contributed by atoms with van der Waals surface area (Å²) in [5, 5.41) is 0. The summed E-state index contributed by atoms with van der Waals surface area (Å²) >= 11 is 0. The molecule has 0 aliphatic heterocycles. The molecule has 112 valence electrons. The highest BCUT2D eigenvalue weighted by Gasteiger charge is 2.10. The molecule has 0 N–H and O–H groups in total. The number of halogens is 1. The number of hydrogen-bond donors (Lipinski definition) is 0. The molecule has 0 bridgehead atoms. The van der Waals surface area contributed by atoms with E-state index in [2.05, 4.69) is 62.4 Å². The molecule has 0 fully saturated rings. The van der Waals surface area contributed by atoms with Crippen molar-refractivity contribution in [1.29, 1.82) is 0 Å². The number of benzene rings is 2. The van der Waals surface area contributed by atoms with Gasteiger partial charge in [0.1, 0.15) is 0 Å². The molecule has 2 rings (SSSR count). The molecule has 2 aromatic carbocycles. The summed E-state index contributed by atoms with van der Waals surface area (Å²) in [5.74, 6) is 0.269. The summed E-state index contributed by atoms with van der Waals surface area (Å²) in [6, 6.07) is 17.3. The van der Waals surface area contributed by atoms with E-state index < -0.39 is 6.17 Å². The monoisotopic (exact) mass is 284 g/mol. The van der Waals surface area contributed by atoms with Crippen LogP contribution in [0.15, 0.2) is 48.5 Å². The Hall–Kier alpha value is -1.63. The third kappa shape index (κ3) is 4.42. The first-order valence-electron chi connectivity index (χ1n) is 7.93. The van der Waals surface area contributed by atoms with Crippen molar-refractivity contribution < 1.29 is 4.39 Å². The molecular weight excluding hydrogens is 259 g/mol. The highest BCUT2D eigenvalue weighted by molar-refractivity contribution is 5.64. The first-order chi connectivity index (χ1) is 10.1. The van der Waals surface area contributed by atoms with Crippen LogP contribution in [0.1, 0.15) is 50.7 Å². The zero-order chi connectivity index (χ0) is 15.2. The summed E-state index contributed by atoms with van der Waals surface area (Å²) < 4.78 is 13.1. The van der Waals surface area contributed by atoms with E-state index in [1.807, 2.05) is 0 Å². The van der Waals surface area contributed by atoms with Gasteiger partial charge in [0.15, 0.2) is 0 Å². The second kappa shape index (κ2) is 7.40. The Bertz CT molecular complexity index is 537. The van der Waals surface area contributed by atoms with E-state index >= 15 is 0 Å². The molecule has 0 aliphatic rings. The van der Waals surface area contributed by atoms with Crippen LogP contribution in [-0.4, -0.2) is 6.17 Å². The third-order valence-electron chi connectivity index (χ3n) is 3.98. The summed E-state index contributed by atoms with van der Waals surface area (Å²) in [5.41, 5.74) is 5.07. The smallest absolute Gasteiger partial charge is 0.0979 e. The van der Waals surface area contributed by atoms with E-state index in [-0.39, 0.29) is 5.92 Å². The van der Waals surface area contributed by atoms with Crippen molar-refractivity contribution in [3.05, 3.63) is 59.7 Å². The predicted octanol–water partition coefficient (Wildman–Crippen LogP) is 6.16. The second-order valence-electron chi connectivity index (χ2n) is 5.99. The average Bonchev–Trinajstić information content (AvgIpc) is 2.48. The first kappa shape index (κ1) is 15.8. The standard InChI is InChI=1S/C20H25F/c1-4-5-17-6-8-19(9-7-17)20-12-10-18(11-13-20)15(2)14-16(3)21/h6-13,15-16H,4-5,14H2,1-3H3. The van der Waals surface area contributed by atoms with Crippen molar-refractivity contribution in [3.8, 4) is 11.1 Å². The van der Waals surface area contributed by atoms with E-state index in [9.17, 15) is 4.39 Å². The van der Waals surface area contributed by atoms with Gasteiger partial charge in [0, 0.05) is 0 Å². The van der Waals surface area contributed by atoms with Crippen molar-refractivity contribution in [2.45, 2.75) is 52.1 Å². The van der Waals surface area contributed by atoms with Gasteiger partial charge in [-0.1, -0.05) is 68.8 Å². The first-order valence-corrected chi connectivity index (χ1v) is 7.93. The van der Waals surface area contributed by atoms with Crippen molar-refractivity contribution in [3.63, 3.8) is 0 Å². The average molecular weight is 284 g/mol. The summed E-state index contributed by atoms with van der Waals surface area (Å²) in [6.07, 6.45) is 2.16. The lowest BCUT2D eigenvalue weighted by molar-refractivity contribution is 0.324. The number of alkyl halides is 1. The number of hydrogen-bond acceptors (Lipinski definition) is 0. The molecule has 0 saturated carbocycles. The Balaban J connectivity index is 2.11. The van der Waals surface area contributed by atoms with E-state index in [0.717, 1.165) is 6.42 Å². The Kier molecular flexibility index (Phi) is 5.55. The van der Waals surface area contributed by atoms with Gasteiger partial charge in [-0.2, -0.15) is 0 Å². The molecule has 21 heavy (non-hydrogen) atoms. The van der Waals surface area contributed by atoms with Gasteiger partial charge >= 0.3 is 0 Å². The molecule has 0 nitrogen and oxygen atoms in total. The van der Waals surface area contributed by atoms with Crippen molar-refractivity contribution in [2.75, 3.05) is 0 Å². The molecular formula is C20H25F. The van der Waals surface area contributed by atoms with Gasteiger partial charge in [-0.3, -0.25) is 0 Å². The van der Waals surface area contributed by atoms with Gasteiger partial charge in [0.25, 0.3) is 0 Å². The molecule has 2 unspecified atom stereocenters. The Morgan fingerprint density at radius 2 is 1.38 bits per heavy atom. The lowest BCUT2D eigenvalue weighted by Gasteiger charge is -2.13. The van der Waals surface area contributed by atoms with Crippen LogP contribution in [0.5, 0.6) is 0 Å². The molecule has 0 heterocycles. The van der Waals surface area contributed by atoms with E-state index in [4.69, 9.17) is 0 Å². The quantitative estimate of drug-likeness (QED) is 0.596. The van der Waals surface area contributed by atoms with Gasteiger partial charge in [-0.15, -0.1) is 0 Å². The molecule has 0 radical (unpaired) electrons. The highest BCUT2D eigenvalue weighted by Crippen LogP contribution is 2.26. The summed E-state index contributed by atoms with van der Waals surface area (Å²) in [7, 11) is 0. The lowest BCUT2D eigenvalue weighted by atomic mass is 9.93. The minimum Gasteiger partial charge on any atom is -0.248 e. The summed E-state index contributed by atoms with van der Waals surface area (Å²) in [4.78, 5) is 0. The zero-order valence-corrected chi connectivity index (χ0v) is 13.3. The minimum atomic E-state index is -0.745. The zero-order valence-electron chi connectivity index (χ0n) is 13.3. The molecule has 2 atom stereocenters. The Labute approximate surface area is 128 Å². The molecule has 1 heteroatoms. The fourth-order valence-corrected chi connectivity index (χ4v) is 2.78. The summed E-state index contributed by atoms with van der Waals surface area (Å²) in [6.45, 7) is 5.92. The molecule has 0 amide bonds. The van der Waals surface area contributed by atoms with Crippen LogP contribution in [0.4, 0.5) is 4.39 Å². The Morgan fingerprint density at radius 1 is 0.857 bits per heavy atom. The predicted molar refractivity (Wildman–Crippen MR) is 89.5 cm³/mol. The fraction of sp³-hybridized carbons (Fsp3) is 0.400. The molecule has 0 saturated heterocycles. The van der Waals surface area contributed by atoms with Crippen LogP contribution in [0.3, 0.4) is 0 Å². The van der Waals surface area contributed by atoms with Crippen LogP contribution < -0.4 is 0 Å². The van der Waals surface area contributed by atoms with Crippen molar-refractivity contribution in [1.82, 2.24) is 0 Å². The maximum Gasteiger partial charge on any atom is 0.0979 e. The third-order valence-corrected chi connectivity index (χ3v) is 3.98.